The van der Waals surface area contributed by atoms with Crippen molar-refractivity contribution in [2.45, 2.75) is 52.0 Å². The van der Waals surface area contributed by atoms with Gasteiger partial charge in [0.15, 0.2) is 11.2 Å². The molecule has 0 N–H and O–H groups in total. The lowest BCUT2D eigenvalue weighted by atomic mass is 9.92. The van der Waals surface area contributed by atoms with Crippen LogP contribution in [0.5, 0.6) is 0 Å². The van der Waals surface area contributed by atoms with E-state index in [-0.39, 0.29) is 23.6 Å². The van der Waals surface area contributed by atoms with Crippen molar-refractivity contribution in [3.8, 4) is 0 Å². The van der Waals surface area contributed by atoms with Gasteiger partial charge < -0.3 is 9.47 Å². The summed E-state index contributed by atoms with van der Waals surface area (Å²) in [4.78, 5) is 30.6. The smallest absolute Gasteiger partial charge is 0.193 e. The summed E-state index contributed by atoms with van der Waals surface area (Å²) >= 11 is 0. The third-order valence-electron chi connectivity index (χ3n) is 9.61. The lowest BCUT2D eigenvalue weighted by molar-refractivity contribution is 0.0991. The Morgan fingerprint density at radius 2 is 1.71 bits per heavy atom. The number of nitrogens with zero attached hydrogens (tertiary/aromatic N) is 2. The summed E-state index contributed by atoms with van der Waals surface area (Å²) in [6, 6.07) is 22.6. The minimum atomic E-state index is 0.0427. The lowest BCUT2D eigenvalue weighted by Crippen LogP contribution is -2.28. The van der Waals surface area contributed by atoms with Crippen LogP contribution in [0, 0.1) is 0 Å². The van der Waals surface area contributed by atoms with E-state index in [1.807, 2.05) is 49.4 Å². The van der Waals surface area contributed by atoms with Crippen LogP contribution in [0.1, 0.15) is 70.9 Å². The monoisotopic (exact) mass is 628 g/mol. The van der Waals surface area contributed by atoms with Gasteiger partial charge in [-0.1, -0.05) is 115 Å². The molecule has 4 heteroatoms. The van der Waals surface area contributed by atoms with Crippen LogP contribution in [-0.2, 0) is 19.4 Å². The van der Waals surface area contributed by atoms with Gasteiger partial charge in [-0.2, -0.15) is 0 Å². The van der Waals surface area contributed by atoms with E-state index in [1.54, 1.807) is 0 Å². The molecule has 0 bridgehead atoms. The zero-order valence-corrected chi connectivity index (χ0v) is 27.6. The molecule has 0 radical (unpaired) electrons. The molecule has 3 aliphatic rings. The van der Waals surface area contributed by atoms with Crippen molar-refractivity contribution >= 4 is 34.1 Å². The van der Waals surface area contributed by atoms with Crippen molar-refractivity contribution in [1.82, 2.24) is 4.57 Å². The van der Waals surface area contributed by atoms with Crippen LogP contribution in [0.3, 0.4) is 0 Å². The summed E-state index contributed by atoms with van der Waals surface area (Å²) in [7, 11) is 0. The Labute approximate surface area is 282 Å². The second-order valence-electron chi connectivity index (χ2n) is 12.5. The molecular weight excluding hydrogens is 588 g/mol. The van der Waals surface area contributed by atoms with Gasteiger partial charge in [-0.05, 0) is 61.2 Å². The summed E-state index contributed by atoms with van der Waals surface area (Å²) in [5.74, 6) is 0.288. The maximum Gasteiger partial charge on any atom is 0.193 e. The number of benzene rings is 3. The van der Waals surface area contributed by atoms with Gasteiger partial charge in [0.05, 0.1) is 11.2 Å². The Morgan fingerprint density at radius 1 is 0.875 bits per heavy atom. The van der Waals surface area contributed by atoms with Gasteiger partial charge in [-0.15, -0.1) is 0 Å². The zero-order valence-electron chi connectivity index (χ0n) is 27.6. The van der Waals surface area contributed by atoms with E-state index >= 15 is 0 Å². The largest absolute Gasteiger partial charge is 0.340 e. The Morgan fingerprint density at radius 3 is 2.54 bits per heavy atom. The summed E-state index contributed by atoms with van der Waals surface area (Å²) < 4.78 is 2.26. The first-order valence-corrected chi connectivity index (χ1v) is 16.9. The number of carbonyl (C=O) groups excluding carboxylic acids is 1. The number of pyridine rings is 1. The van der Waals surface area contributed by atoms with Crippen LogP contribution < -0.4 is 10.3 Å². The molecule has 0 fully saturated rings. The average molecular weight is 629 g/mol. The fourth-order valence-electron chi connectivity index (χ4n) is 7.17. The van der Waals surface area contributed by atoms with Gasteiger partial charge in [0.1, 0.15) is 0 Å². The molecule has 3 aromatic carbocycles. The molecule has 0 amide bonds. The lowest BCUT2D eigenvalue weighted by Gasteiger charge is -2.32. The van der Waals surface area contributed by atoms with Crippen LogP contribution in [-0.4, -0.2) is 10.4 Å². The van der Waals surface area contributed by atoms with Crippen molar-refractivity contribution in [2.24, 2.45) is 0 Å². The Kier molecular flexibility index (Phi) is 8.89. The van der Waals surface area contributed by atoms with E-state index in [0.717, 1.165) is 57.0 Å². The number of ketones is 1. The highest BCUT2D eigenvalue weighted by Crippen LogP contribution is 2.37. The van der Waals surface area contributed by atoms with Crippen LogP contribution in [0.25, 0.3) is 22.7 Å². The molecule has 1 aliphatic heterocycles. The van der Waals surface area contributed by atoms with E-state index in [9.17, 15) is 9.59 Å². The van der Waals surface area contributed by atoms with Crippen LogP contribution in [0.15, 0.2) is 144 Å². The number of aromatic nitrogens is 1. The Bertz CT molecular complexity index is 2170. The highest BCUT2D eigenvalue weighted by Gasteiger charge is 2.27. The molecule has 0 spiro atoms. The molecule has 1 atom stereocenters. The van der Waals surface area contributed by atoms with Gasteiger partial charge in [-0.3, -0.25) is 9.59 Å². The van der Waals surface area contributed by atoms with Crippen LogP contribution in [0.4, 0.5) is 5.69 Å². The number of fused-ring (bicyclic) bond motifs is 4. The van der Waals surface area contributed by atoms with Gasteiger partial charge in [0.25, 0.3) is 0 Å². The molecule has 48 heavy (non-hydrogen) atoms. The van der Waals surface area contributed by atoms with Gasteiger partial charge >= 0.3 is 0 Å². The number of rotatable bonds is 5. The second kappa shape index (κ2) is 13.7. The molecule has 2 heterocycles. The summed E-state index contributed by atoms with van der Waals surface area (Å²) in [5.41, 5.74) is 9.60. The van der Waals surface area contributed by atoms with Gasteiger partial charge in [-0.25, -0.2) is 0 Å². The van der Waals surface area contributed by atoms with Crippen molar-refractivity contribution in [3.63, 3.8) is 0 Å². The number of hydrogen-bond acceptors (Lipinski definition) is 3. The van der Waals surface area contributed by atoms with Gasteiger partial charge in [0, 0.05) is 65.3 Å². The number of hydrogen-bond donors (Lipinski definition) is 0. The minimum absolute atomic E-state index is 0.0427. The Balaban J connectivity index is 1.46. The standard InChI is InChI=1S/C44H40N2O2/c1-3-5-21-35(4-2)45-30-33-18-12-13-24-37(33)43(47)28-34-27-42-39(29-41(34)45)44(48)38-25-10-7-11-26-40(38)46(42)36-22-14-19-32(20-15-23-36)31-16-8-6-9-17-31/h3-20,22,24,26-27,29,32H,21,23,25,28,30H2,1-2H3/b5-3-,19-14?,20-15-,35-4+,36-22+. The summed E-state index contributed by atoms with van der Waals surface area (Å²) in [6.07, 6.45) is 27.8. The van der Waals surface area contributed by atoms with Crippen molar-refractivity contribution in [2.75, 3.05) is 4.90 Å². The number of allylic oxidation sites excluding steroid dienone is 12. The van der Waals surface area contributed by atoms with E-state index in [2.05, 4.69) is 114 Å². The number of Topliss-reactive ketones (excluding diaryl/α,β-unsaturated/α-hetero) is 1. The fraction of sp³-hybridized carbons (Fsp3) is 0.182. The van der Waals surface area contributed by atoms with Crippen molar-refractivity contribution in [1.29, 1.82) is 0 Å². The van der Waals surface area contributed by atoms with Crippen LogP contribution in [0.2, 0.25) is 0 Å². The first kappa shape index (κ1) is 31.1. The molecular formula is C44H40N2O2. The van der Waals surface area contributed by atoms with Crippen molar-refractivity contribution < 1.29 is 4.79 Å². The third-order valence-corrected chi connectivity index (χ3v) is 9.61. The molecule has 1 aromatic heterocycles. The van der Waals surface area contributed by atoms with E-state index in [4.69, 9.17) is 0 Å². The third kappa shape index (κ3) is 5.91. The highest BCUT2D eigenvalue weighted by atomic mass is 16.1. The maximum atomic E-state index is 14.5. The maximum absolute atomic E-state index is 14.5. The molecule has 4 nitrogen and oxygen atoms in total. The summed E-state index contributed by atoms with van der Waals surface area (Å²) in [6.45, 7) is 4.64. The SMILES string of the molecule is C/C=C\C/C(=C\C)N1Cc2ccccc2C(=O)Cc2cc3c(cc21)c(=O)c1c(n3/C2=C/C=CC(c3ccccc3)/C=C\C2)C=CC=CC1. The molecule has 1 unspecified atom stereocenters. The topological polar surface area (TPSA) is 42.3 Å². The van der Waals surface area contributed by atoms with Crippen LogP contribution >= 0.6 is 0 Å². The number of carbonyl (C=O) groups is 1. The molecule has 4 aromatic rings. The molecule has 7 rings (SSSR count). The minimum Gasteiger partial charge on any atom is -0.340 e. The molecule has 0 saturated carbocycles. The first-order valence-electron chi connectivity index (χ1n) is 16.9. The average Bonchev–Trinajstić information content (AvgIpc) is 3.35. The van der Waals surface area contributed by atoms with E-state index < -0.39 is 0 Å². The quantitative estimate of drug-likeness (QED) is 0.207. The zero-order chi connectivity index (χ0) is 33.0. The van der Waals surface area contributed by atoms with Crippen molar-refractivity contribution in [3.05, 3.63) is 183 Å². The predicted octanol–water partition coefficient (Wildman–Crippen LogP) is 9.88. The molecule has 238 valence electrons. The first-order chi connectivity index (χ1) is 23.6. The van der Waals surface area contributed by atoms with E-state index in [1.165, 1.54) is 5.56 Å². The van der Waals surface area contributed by atoms with E-state index in [0.29, 0.717) is 24.8 Å². The highest BCUT2D eigenvalue weighted by molar-refractivity contribution is 6.01. The molecule has 0 saturated heterocycles. The second-order valence-corrected chi connectivity index (χ2v) is 12.5. The Hall–Kier alpha value is -5.48. The van der Waals surface area contributed by atoms with Gasteiger partial charge in [0.2, 0.25) is 0 Å². The summed E-state index contributed by atoms with van der Waals surface area (Å²) in [5, 5.41) is 0.669. The predicted molar refractivity (Wildman–Crippen MR) is 200 cm³/mol. The fourth-order valence-corrected chi connectivity index (χ4v) is 7.17. The normalized spacial score (nSPS) is 19.4. The molecule has 2 aliphatic carbocycles. The number of anilines is 1.